The van der Waals surface area contributed by atoms with Crippen LogP contribution in [0.2, 0.25) is 10.0 Å². The summed E-state index contributed by atoms with van der Waals surface area (Å²) in [4.78, 5) is 14.9. The zero-order chi connectivity index (χ0) is 26.1. The van der Waals surface area contributed by atoms with Crippen LogP contribution in [-0.2, 0) is 5.60 Å². The Bertz CT molecular complexity index is 1320. The number of hydrogen-bond acceptors (Lipinski definition) is 5. The van der Waals surface area contributed by atoms with Crippen molar-refractivity contribution in [3.63, 3.8) is 0 Å². The first kappa shape index (κ1) is 26.4. The predicted octanol–water partition coefficient (Wildman–Crippen LogP) is 6.62. The van der Waals surface area contributed by atoms with E-state index in [-0.39, 0.29) is 38.4 Å². The lowest BCUT2D eigenvalue weighted by Gasteiger charge is -2.35. The van der Waals surface area contributed by atoms with Gasteiger partial charge in [-0.25, -0.2) is 18.6 Å². The third kappa shape index (κ3) is 5.08. The third-order valence-corrected chi connectivity index (χ3v) is 6.41. The van der Waals surface area contributed by atoms with Crippen LogP contribution in [0.15, 0.2) is 42.6 Å². The number of halogens is 4. The van der Waals surface area contributed by atoms with E-state index in [4.69, 9.17) is 33.0 Å². The number of nitriles is 1. The average Bonchev–Trinajstić information content (AvgIpc) is 2.79. The smallest absolute Gasteiger partial charge is 0.337 e. The minimum absolute atomic E-state index is 0.0279. The molecule has 3 aromatic rings. The first-order chi connectivity index (χ1) is 16.4. The summed E-state index contributed by atoms with van der Waals surface area (Å²) in [5.41, 5.74) is -1.19. The van der Waals surface area contributed by atoms with Crippen LogP contribution in [0.25, 0.3) is 0 Å². The van der Waals surface area contributed by atoms with Gasteiger partial charge in [0.1, 0.15) is 10.8 Å². The minimum atomic E-state index is -3.16. The van der Waals surface area contributed by atoms with E-state index in [1.807, 2.05) is 6.07 Å². The highest BCUT2D eigenvalue weighted by Gasteiger charge is 2.46. The largest absolute Gasteiger partial charge is 0.478 e. The quantitative estimate of drug-likeness (QED) is 0.362. The maximum atomic E-state index is 14.3. The summed E-state index contributed by atoms with van der Waals surface area (Å²) in [6, 6.07) is 10.2. The van der Waals surface area contributed by atoms with Crippen molar-refractivity contribution in [2.24, 2.45) is 0 Å². The number of carboxylic acids is 1. The van der Waals surface area contributed by atoms with E-state index in [0.29, 0.717) is 16.7 Å². The minimum Gasteiger partial charge on any atom is -0.478 e. The van der Waals surface area contributed by atoms with Gasteiger partial charge in [-0.05, 0) is 54.3 Å². The van der Waals surface area contributed by atoms with E-state index in [9.17, 15) is 23.9 Å². The van der Waals surface area contributed by atoms with Crippen molar-refractivity contribution >= 4 is 29.2 Å². The Kier molecular flexibility index (Phi) is 7.65. The lowest BCUT2D eigenvalue weighted by atomic mass is 9.77. The highest BCUT2D eigenvalue weighted by atomic mass is 35.5. The molecular formula is C25H20Cl2F2N2O4. The molecule has 0 amide bonds. The zero-order valence-corrected chi connectivity index (χ0v) is 20.3. The molecule has 182 valence electrons. The number of ether oxygens (including phenoxy) is 1. The van der Waals surface area contributed by atoms with Crippen molar-refractivity contribution in [3.8, 4) is 17.7 Å². The molecule has 0 spiro atoms. The molecular weight excluding hydrogens is 501 g/mol. The van der Waals surface area contributed by atoms with Crippen molar-refractivity contribution in [1.29, 1.82) is 5.26 Å². The summed E-state index contributed by atoms with van der Waals surface area (Å²) in [6.07, 6.45) is -2.08. The van der Waals surface area contributed by atoms with Crippen LogP contribution in [0.5, 0.6) is 11.6 Å². The first-order valence-corrected chi connectivity index (χ1v) is 11.0. The van der Waals surface area contributed by atoms with Crippen LogP contribution < -0.4 is 4.74 Å². The molecule has 0 saturated carbocycles. The third-order valence-electron chi connectivity index (χ3n) is 5.81. The van der Waals surface area contributed by atoms with E-state index in [1.165, 1.54) is 43.3 Å². The maximum absolute atomic E-state index is 14.3. The number of carboxylic acid groups (broad SMARTS) is 1. The second-order valence-corrected chi connectivity index (χ2v) is 8.86. The molecule has 0 unspecified atom stereocenters. The van der Waals surface area contributed by atoms with Gasteiger partial charge >= 0.3 is 5.97 Å². The summed E-state index contributed by atoms with van der Waals surface area (Å²) in [6.45, 7) is 4.67. The van der Waals surface area contributed by atoms with Crippen LogP contribution in [0.1, 0.15) is 51.0 Å². The van der Waals surface area contributed by atoms with Gasteiger partial charge in [-0.1, -0.05) is 48.3 Å². The predicted molar refractivity (Wildman–Crippen MR) is 127 cm³/mol. The van der Waals surface area contributed by atoms with Crippen molar-refractivity contribution in [2.75, 3.05) is 0 Å². The number of alkyl halides is 2. The Balaban J connectivity index is 1.97. The molecule has 10 heteroatoms. The Morgan fingerprint density at radius 2 is 1.77 bits per heavy atom. The second kappa shape index (κ2) is 10.2. The summed E-state index contributed by atoms with van der Waals surface area (Å²) in [7, 11) is 0. The van der Waals surface area contributed by atoms with E-state index < -0.39 is 23.9 Å². The molecule has 6 nitrogen and oxygen atoms in total. The van der Waals surface area contributed by atoms with Gasteiger partial charge < -0.3 is 14.9 Å². The number of aryl methyl sites for hydroxylation is 2. The number of nitrogens with zero attached hydrogens (tertiary/aromatic N) is 2. The summed E-state index contributed by atoms with van der Waals surface area (Å²) in [5.74, 6) is -2.24. The van der Waals surface area contributed by atoms with E-state index in [1.54, 1.807) is 13.8 Å². The molecule has 1 heterocycles. The van der Waals surface area contributed by atoms with Gasteiger partial charge in [0.25, 0.3) is 6.43 Å². The highest BCUT2D eigenvalue weighted by molar-refractivity contribution is 6.32. The average molecular weight is 521 g/mol. The number of aromatic nitrogens is 1. The van der Waals surface area contributed by atoms with Crippen LogP contribution in [-0.4, -0.2) is 27.6 Å². The fraction of sp³-hybridized carbons (Fsp3) is 0.240. The number of benzene rings is 2. The van der Waals surface area contributed by atoms with Crippen molar-refractivity contribution in [2.45, 2.75) is 38.7 Å². The number of aromatic carboxylic acids is 1. The Morgan fingerprint density at radius 1 is 1.14 bits per heavy atom. The van der Waals surface area contributed by atoms with Crippen LogP contribution in [0, 0.1) is 25.2 Å². The Morgan fingerprint density at radius 3 is 2.26 bits per heavy atom. The van der Waals surface area contributed by atoms with E-state index >= 15 is 0 Å². The van der Waals surface area contributed by atoms with Crippen LogP contribution in [0.4, 0.5) is 8.78 Å². The van der Waals surface area contributed by atoms with Gasteiger partial charge in [0, 0.05) is 17.1 Å². The van der Waals surface area contributed by atoms with Gasteiger partial charge in [0.15, 0.2) is 5.60 Å². The molecule has 0 aliphatic carbocycles. The number of hydrogen-bond donors (Lipinski definition) is 2. The molecule has 2 atom stereocenters. The Hall–Kier alpha value is -3.25. The molecule has 0 aliphatic rings. The standard InChI is InChI=1S/C25H20Cl2F2N2O4/c1-12-6-16(7-13(2)19(12)10-30)25(34,24(28)29)14(3)18-5-4-17(9-20(18)26)35-22-21(27)8-15(11-31-22)23(32)33/h4-9,11,14,24,34H,1-3H3,(H,32,33)/t14-,25-/m0/s1. The SMILES string of the molecule is Cc1cc([C@](O)(C(F)F)[C@@H](C)c2ccc(Oc3ncc(C(=O)O)cc3Cl)cc2Cl)cc(C)c1C#N. The molecule has 0 aliphatic heterocycles. The van der Waals surface area contributed by atoms with Gasteiger partial charge in [-0.2, -0.15) is 5.26 Å². The number of aliphatic hydroxyl groups is 1. The topological polar surface area (TPSA) is 103 Å². The van der Waals surface area contributed by atoms with Gasteiger partial charge in [0.2, 0.25) is 5.88 Å². The number of rotatable bonds is 7. The maximum Gasteiger partial charge on any atom is 0.337 e. The summed E-state index contributed by atoms with van der Waals surface area (Å²) >= 11 is 12.4. The number of pyridine rings is 1. The van der Waals surface area contributed by atoms with Crippen molar-refractivity contribution < 1.29 is 28.5 Å². The molecule has 35 heavy (non-hydrogen) atoms. The van der Waals surface area contributed by atoms with E-state index in [2.05, 4.69) is 4.98 Å². The molecule has 0 saturated heterocycles. The van der Waals surface area contributed by atoms with Crippen molar-refractivity contribution in [1.82, 2.24) is 4.98 Å². The summed E-state index contributed by atoms with van der Waals surface area (Å²) < 4.78 is 34.2. The lowest BCUT2D eigenvalue weighted by molar-refractivity contribution is -0.117. The molecule has 3 rings (SSSR count). The number of carbonyl (C=O) groups is 1. The molecule has 0 bridgehead atoms. The van der Waals surface area contributed by atoms with Crippen LogP contribution >= 0.6 is 23.2 Å². The molecule has 2 aromatic carbocycles. The summed E-state index contributed by atoms with van der Waals surface area (Å²) in [5, 5.41) is 29.5. The second-order valence-electron chi connectivity index (χ2n) is 8.05. The highest BCUT2D eigenvalue weighted by Crippen LogP contribution is 2.45. The lowest BCUT2D eigenvalue weighted by Crippen LogP contribution is -2.40. The van der Waals surface area contributed by atoms with E-state index in [0.717, 1.165) is 6.20 Å². The molecule has 0 radical (unpaired) electrons. The normalized spacial score (nSPS) is 13.7. The van der Waals surface area contributed by atoms with Crippen LogP contribution in [0.3, 0.4) is 0 Å². The monoisotopic (exact) mass is 520 g/mol. The fourth-order valence-corrected chi connectivity index (χ4v) is 4.36. The first-order valence-electron chi connectivity index (χ1n) is 10.3. The zero-order valence-electron chi connectivity index (χ0n) is 18.8. The van der Waals surface area contributed by atoms with Gasteiger partial charge in [-0.3, -0.25) is 0 Å². The van der Waals surface area contributed by atoms with Gasteiger partial charge in [0.05, 0.1) is 17.2 Å². The molecule has 1 aromatic heterocycles. The van der Waals surface area contributed by atoms with Crippen molar-refractivity contribution in [3.05, 3.63) is 86.0 Å². The fourth-order valence-electron chi connectivity index (χ4n) is 3.82. The molecule has 2 N–H and O–H groups in total. The van der Waals surface area contributed by atoms with Gasteiger partial charge in [-0.15, -0.1) is 0 Å². The molecule has 0 fully saturated rings. The Labute approximate surface area is 210 Å².